The van der Waals surface area contributed by atoms with Gasteiger partial charge in [-0.3, -0.25) is 4.79 Å². The molecule has 0 spiro atoms. The van der Waals surface area contributed by atoms with Crippen molar-refractivity contribution >= 4 is 50.1 Å². The second kappa shape index (κ2) is 4.36. The lowest BCUT2D eigenvalue weighted by Crippen LogP contribution is -1.91. The highest BCUT2D eigenvalue weighted by atomic mass is 16.5. The number of benzene rings is 3. The van der Waals surface area contributed by atoms with E-state index in [2.05, 4.69) is 28.2 Å². The van der Waals surface area contributed by atoms with Crippen molar-refractivity contribution in [3.05, 3.63) is 54.6 Å². The van der Waals surface area contributed by atoms with Gasteiger partial charge >= 0.3 is 0 Å². The van der Waals surface area contributed by atoms with E-state index < -0.39 is 0 Å². The van der Waals surface area contributed by atoms with Crippen LogP contribution in [0.2, 0.25) is 0 Å². The van der Waals surface area contributed by atoms with Crippen molar-refractivity contribution in [1.82, 2.24) is 9.97 Å². The molecular weight excluding hydrogens is 288 g/mol. The Hall–Kier alpha value is -3.27. The molecule has 110 valence electrons. The van der Waals surface area contributed by atoms with Crippen molar-refractivity contribution in [2.45, 2.75) is 0 Å². The summed E-state index contributed by atoms with van der Waals surface area (Å²) in [5.41, 5.74) is 3.71. The summed E-state index contributed by atoms with van der Waals surface area (Å²) in [6.07, 6.45) is 0. The van der Waals surface area contributed by atoms with Gasteiger partial charge in [-0.25, -0.2) is 0 Å². The summed E-state index contributed by atoms with van der Waals surface area (Å²) in [5.74, 6) is 0.542. The molecule has 0 aliphatic heterocycles. The molecule has 0 radical (unpaired) electrons. The average Bonchev–Trinajstić information content (AvgIpc) is 3.14. The topological polar surface area (TPSA) is 57.9 Å². The van der Waals surface area contributed by atoms with Gasteiger partial charge in [-0.15, -0.1) is 0 Å². The summed E-state index contributed by atoms with van der Waals surface area (Å²) in [6.45, 7) is 0.477. The minimum Gasteiger partial charge on any atom is -0.424 e. The lowest BCUT2D eigenvalue weighted by Gasteiger charge is -2.03. The minimum atomic E-state index is 0.477. The number of H-pyrrole nitrogens is 2. The van der Waals surface area contributed by atoms with Gasteiger partial charge in [0, 0.05) is 32.6 Å². The van der Waals surface area contributed by atoms with Crippen molar-refractivity contribution in [3.63, 3.8) is 0 Å². The fourth-order valence-electron chi connectivity index (χ4n) is 3.42. The minimum absolute atomic E-state index is 0.477. The van der Waals surface area contributed by atoms with Gasteiger partial charge in [0.1, 0.15) is 0 Å². The zero-order valence-electron chi connectivity index (χ0n) is 12.1. The summed E-state index contributed by atoms with van der Waals surface area (Å²) < 4.78 is 5.35. The van der Waals surface area contributed by atoms with Crippen molar-refractivity contribution < 1.29 is 9.53 Å². The maximum absolute atomic E-state index is 11.0. The fourth-order valence-corrected chi connectivity index (χ4v) is 3.42. The normalized spacial score (nSPS) is 11.7. The largest absolute Gasteiger partial charge is 0.424 e. The predicted octanol–water partition coefficient (Wildman–Crippen LogP) is 4.49. The molecule has 2 aromatic heterocycles. The van der Waals surface area contributed by atoms with E-state index in [9.17, 15) is 4.79 Å². The smallest absolute Gasteiger partial charge is 0.298 e. The lowest BCUT2D eigenvalue weighted by atomic mass is 10.1. The number of hydrogen-bond acceptors (Lipinski definition) is 2. The van der Waals surface area contributed by atoms with Crippen LogP contribution < -0.4 is 4.74 Å². The Kier molecular flexibility index (Phi) is 2.33. The van der Waals surface area contributed by atoms with Crippen LogP contribution in [0.15, 0.2) is 54.6 Å². The predicted molar refractivity (Wildman–Crippen MR) is 91.9 cm³/mol. The van der Waals surface area contributed by atoms with Crippen LogP contribution in [-0.2, 0) is 4.79 Å². The third-order valence-electron chi connectivity index (χ3n) is 4.40. The molecule has 23 heavy (non-hydrogen) atoms. The third-order valence-corrected chi connectivity index (χ3v) is 4.40. The van der Waals surface area contributed by atoms with Gasteiger partial charge in [0.25, 0.3) is 6.47 Å². The van der Waals surface area contributed by atoms with E-state index in [-0.39, 0.29) is 0 Å². The molecular formula is C19H12N2O2. The van der Waals surface area contributed by atoms with E-state index in [1.807, 2.05) is 36.4 Å². The number of nitrogens with one attached hydrogen (secondary N) is 2. The van der Waals surface area contributed by atoms with Crippen LogP contribution in [0.3, 0.4) is 0 Å². The van der Waals surface area contributed by atoms with Gasteiger partial charge in [-0.1, -0.05) is 36.4 Å². The molecule has 2 heterocycles. The zero-order chi connectivity index (χ0) is 15.4. The molecule has 3 aromatic carbocycles. The Labute approximate surface area is 130 Å². The summed E-state index contributed by atoms with van der Waals surface area (Å²) in [7, 11) is 0. The highest BCUT2D eigenvalue weighted by molar-refractivity contribution is 6.20. The molecule has 5 aromatic rings. The molecule has 0 atom stereocenters. The molecule has 0 saturated carbocycles. The first-order chi connectivity index (χ1) is 11.4. The molecule has 0 saturated heterocycles. The van der Waals surface area contributed by atoms with Crippen LogP contribution in [0.25, 0.3) is 43.6 Å². The highest BCUT2D eigenvalue weighted by Crippen LogP contribution is 2.40. The fraction of sp³-hybridized carbons (Fsp3) is 0. The van der Waals surface area contributed by atoms with Crippen molar-refractivity contribution in [2.75, 3.05) is 0 Å². The number of carbonyl (C=O) groups is 1. The maximum Gasteiger partial charge on any atom is 0.298 e. The van der Waals surface area contributed by atoms with E-state index >= 15 is 0 Å². The Morgan fingerprint density at radius 1 is 0.739 bits per heavy atom. The van der Waals surface area contributed by atoms with E-state index in [0.717, 1.165) is 43.6 Å². The Bertz CT molecular complexity index is 1130. The Morgan fingerprint density at radius 2 is 1.26 bits per heavy atom. The van der Waals surface area contributed by atoms with Crippen LogP contribution >= 0.6 is 0 Å². The van der Waals surface area contributed by atoms with Crippen LogP contribution in [0.1, 0.15) is 0 Å². The number of rotatable bonds is 2. The molecule has 2 N–H and O–H groups in total. The summed E-state index contributed by atoms with van der Waals surface area (Å²) in [5, 5.41) is 4.33. The number of carbonyl (C=O) groups excluding carboxylic acids is 1. The first kappa shape index (κ1) is 12.3. The second-order valence-electron chi connectivity index (χ2n) is 5.61. The average molecular weight is 300 g/mol. The number of hydrogen-bond donors (Lipinski definition) is 2. The SMILES string of the molecule is O=COc1c2[nH]c3ccccc3c2cc2c1[nH]c1ccccc12. The van der Waals surface area contributed by atoms with Gasteiger partial charge in [-0.2, -0.15) is 0 Å². The third kappa shape index (κ3) is 1.57. The van der Waals surface area contributed by atoms with Crippen LogP contribution in [0, 0.1) is 0 Å². The first-order valence-corrected chi connectivity index (χ1v) is 7.41. The number of fused-ring (bicyclic) bond motifs is 6. The van der Waals surface area contributed by atoms with Crippen LogP contribution in [0.5, 0.6) is 5.75 Å². The molecule has 0 fully saturated rings. The van der Waals surface area contributed by atoms with Gasteiger partial charge in [0.05, 0.1) is 11.0 Å². The summed E-state index contributed by atoms with van der Waals surface area (Å²) in [4.78, 5) is 17.8. The molecule has 4 heteroatoms. The quantitative estimate of drug-likeness (QED) is 0.472. The van der Waals surface area contributed by atoms with Crippen molar-refractivity contribution in [3.8, 4) is 5.75 Å². The Balaban J connectivity index is 2.07. The van der Waals surface area contributed by atoms with Gasteiger partial charge in [0.15, 0.2) is 5.75 Å². The molecule has 5 rings (SSSR count). The van der Waals surface area contributed by atoms with Gasteiger partial charge in [0.2, 0.25) is 0 Å². The van der Waals surface area contributed by atoms with Crippen LogP contribution in [-0.4, -0.2) is 16.4 Å². The first-order valence-electron chi connectivity index (χ1n) is 7.41. The van der Waals surface area contributed by atoms with Crippen LogP contribution in [0.4, 0.5) is 0 Å². The standard InChI is InChI=1S/C19H12N2O2/c22-10-23-19-17-13(11-5-1-3-7-15(11)20-17)9-14-12-6-2-4-8-16(12)21-18(14)19/h1-10,20-21H. The van der Waals surface area contributed by atoms with E-state index in [1.165, 1.54) is 0 Å². The second-order valence-corrected chi connectivity index (χ2v) is 5.61. The van der Waals surface area contributed by atoms with Gasteiger partial charge in [-0.05, 0) is 18.2 Å². The molecule has 0 bridgehead atoms. The molecule has 0 amide bonds. The van der Waals surface area contributed by atoms with E-state index in [1.54, 1.807) is 0 Å². The molecule has 0 unspecified atom stereocenters. The number of ether oxygens (including phenoxy) is 1. The molecule has 0 aliphatic carbocycles. The van der Waals surface area contributed by atoms with E-state index in [4.69, 9.17) is 4.74 Å². The molecule has 0 aliphatic rings. The number of aromatic nitrogens is 2. The monoisotopic (exact) mass is 300 g/mol. The lowest BCUT2D eigenvalue weighted by molar-refractivity contribution is -0.120. The maximum atomic E-state index is 11.0. The number of aromatic amines is 2. The molecule has 4 nitrogen and oxygen atoms in total. The van der Waals surface area contributed by atoms with E-state index in [0.29, 0.717) is 12.2 Å². The van der Waals surface area contributed by atoms with Crippen molar-refractivity contribution in [2.24, 2.45) is 0 Å². The highest BCUT2D eigenvalue weighted by Gasteiger charge is 2.16. The van der Waals surface area contributed by atoms with Crippen molar-refractivity contribution in [1.29, 1.82) is 0 Å². The summed E-state index contributed by atoms with van der Waals surface area (Å²) in [6, 6.07) is 18.3. The number of para-hydroxylation sites is 2. The van der Waals surface area contributed by atoms with Gasteiger partial charge < -0.3 is 14.7 Å². The Morgan fingerprint density at radius 3 is 1.78 bits per heavy atom. The zero-order valence-corrected chi connectivity index (χ0v) is 12.1. The summed E-state index contributed by atoms with van der Waals surface area (Å²) >= 11 is 0.